The number of ether oxygens (including phenoxy) is 1. The van der Waals surface area contributed by atoms with Gasteiger partial charge in [-0.3, -0.25) is 4.79 Å². The zero-order valence-corrected chi connectivity index (χ0v) is 11.7. The third-order valence-electron chi connectivity index (χ3n) is 2.86. The molecule has 0 saturated heterocycles. The molecule has 0 bridgehead atoms. The molecule has 0 spiro atoms. The Hall–Kier alpha value is -2.04. The first-order valence-electron chi connectivity index (χ1n) is 6.23. The van der Waals surface area contributed by atoms with Crippen LogP contribution in [0.5, 0.6) is 0 Å². The predicted molar refractivity (Wildman–Crippen MR) is 75.2 cm³/mol. The largest absolute Gasteiger partial charge is 0.467 e. The van der Waals surface area contributed by atoms with Crippen LogP contribution in [0.4, 0.5) is 11.4 Å². The Balaban J connectivity index is 2.88. The number of carbonyl (C=O) groups is 2. The number of amides is 1. The Kier molecular flexibility index (Phi) is 5.36. The van der Waals surface area contributed by atoms with Gasteiger partial charge < -0.3 is 15.4 Å². The fraction of sp³-hybridized carbons (Fsp3) is 0.429. The minimum atomic E-state index is -0.444. The molecule has 0 heterocycles. The molecule has 0 fully saturated rings. The summed E-state index contributed by atoms with van der Waals surface area (Å²) in [6.45, 7) is 5.41. The molecule has 0 aliphatic heterocycles. The predicted octanol–water partition coefficient (Wildman–Crippen LogP) is 2.32. The van der Waals surface area contributed by atoms with E-state index in [0.717, 1.165) is 16.9 Å². The highest BCUT2D eigenvalue weighted by Crippen LogP contribution is 2.24. The lowest BCUT2D eigenvalue weighted by atomic mass is 10.1. The third-order valence-corrected chi connectivity index (χ3v) is 2.86. The average molecular weight is 264 g/mol. The molecule has 0 aliphatic rings. The number of hydrogen-bond acceptors (Lipinski definition) is 4. The number of methoxy groups -OCH3 is 1. The highest BCUT2D eigenvalue weighted by molar-refractivity contribution is 5.92. The van der Waals surface area contributed by atoms with Gasteiger partial charge >= 0.3 is 5.97 Å². The van der Waals surface area contributed by atoms with E-state index in [1.165, 1.54) is 7.11 Å². The van der Waals surface area contributed by atoms with Gasteiger partial charge in [0.05, 0.1) is 7.11 Å². The van der Waals surface area contributed by atoms with E-state index < -0.39 is 6.04 Å². The van der Waals surface area contributed by atoms with Crippen molar-refractivity contribution in [3.8, 4) is 0 Å². The minimum absolute atomic E-state index is 0.0405. The number of rotatable bonds is 5. The lowest BCUT2D eigenvalue weighted by Crippen LogP contribution is -2.27. The standard InChI is InChI=1S/C14H20N2O3/c1-5-13(17)16-12-8-6-7-11(9(12)2)15-10(3)14(18)19-4/h6-8,10,15H,5H2,1-4H3,(H,16,17)/t10-/m1/s1. The normalized spacial score (nSPS) is 11.6. The number of anilines is 2. The van der Waals surface area contributed by atoms with Crippen molar-refractivity contribution >= 4 is 23.3 Å². The van der Waals surface area contributed by atoms with Crippen molar-refractivity contribution in [1.29, 1.82) is 0 Å². The number of carbonyl (C=O) groups excluding carboxylic acids is 2. The lowest BCUT2D eigenvalue weighted by molar-refractivity contribution is -0.141. The van der Waals surface area contributed by atoms with Gasteiger partial charge in [-0.05, 0) is 31.5 Å². The van der Waals surface area contributed by atoms with Gasteiger partial charge in [0.25, 0.3) is 0 Å². The van der Waals surface area contributed by atoms with E-state index in [2.05, 4.69) is 15.4 Å². The van der Waals surface area contributed by atoms with Crippen LogP contribution in [-0.4, -0.2) is 25.0 Å². The van der Waals surface area contributed by atoms with Crippen molar-refractivity contribution in [2.75, 3.05) is 17.7 Å². The first kappa shape index (κ1) is 15.0. The van der Waals surface area contributed by atoms with Crippen molar-refractivity contribution in [1.82, 2.24) is 0 Å². The van der Waals surface area contributed by atoms with E-state index in [1.807, 2.05) is 25.1 Å². The molecule has 1 rings (SSSR count). The summed E-state index contributed by atoms with van der Waals surface area (Å²) in [5.74, 6) is -0.372. The van der Waals surface area contributed by atoms with Gasteiger partial charge in [0.1, 0.15) is 6.04 Å². The van der Waals surface area contributed by atoms with Crippen molar-refractivity contribution in [2.45, 2.75) is 33.2 Å². The van der Waals surface area contributed by atoms with E-state index >= 15 is 0 Å². The van der Waals surface area contributed by atoms with Crippen LogP contribution in [0.25, 0.3) is 0 Å². The van der Waals surface area contributed by atoms with Crippen molar-refractivity contribution in [3.05, 3.63) is 23.8 Å². The average Bonchev–Trinajstić information content (AvgIpc) is 2.41. The topological polar surface area (TPSA) is 67.4 Å². The second-order valence-electron chi connectivity index (χ2n) is 4.27. The Morgan fingerprint density at radius 2 is 1.95 bits per heavy atom. The van der Waals surface area contributed by atoms with Crippen LogP contribution in [0.15, 0.2) is 18.2 Å². The molecule has 1 atom stereocenters. The first-order valence-corrected chi connectivity index (χ1v) is 6.23. The zero-order valence-electron chi connectivity index (χ0n) is 11.7. The van der Waals surface area contributed by atoms with Crippen LogP contribution in [0.2, 0.25) is 0 Å². The molecule has 0 aliphatic carbocycles. The molecular formula is C14H20N2O3. The molecular weight excluding hydrogens is 244 g/mol. The fourth-order valence-corrected chi connectivity index (χ4v) is 1.63. The van der Waals surface area contributed by atoms with Crippen LogP contribution in [0.3, 0.4) is 0 Å². The number of hydrogen-bond donors (Lipinski definition) is 2. The summed E-state index contributed by atoms with van der Waals surface area (Å²) in [6, 6.07) is 5.07. The van der Waals surface area contributed by atoms with Gasteiger partial charge in [-0.15, -0.1) is 0 Å². The quantitative estimate of drug-likeness (QED) is 0.801. The summed E-state index contributed by atoms with van der Waals surface area (Å²) in [5, 5.41) is 5.89. The molecule has 19 heavy (non-hydrogen) atoms. The van der Waals surface area contributed by atoms with Gasteiger partial charge in [0.15, 0.2) is 0 Å². The highest BCUT2D eigenvalue weighted by atomic mass is 16.5. The monoisotopic (exact) mass is 264 g/mol. The first-order chi connectivity index (χ1) is 8.99. The molecule has 104 valence electrons. The minimum Gasteiger partial charge on any atom is -0.467 e. The Morgan fingerprint density at radius 3 is 2.53 bits per heavy atom. The van der Waals surface area contributed by atoms with Crippen LogP contribution in [-0.2, 0) is 14.3 Å². The van der Waals surface area contributed by atoms with Gasteiger partial charge in [-0.1, -0.05) is 13.0 Å². The van der Waals surface area contributed by atoms with Gasteiger partial charge in [0, 0.05) is 17.8 Å². The van der Waals surface area contributed by atoms with Crippen LogP contribution < -0.4 is 10.6 Å². The molecule has 1 aromatic carbocycles. The SMILES string of the molecule is CCC(=O)Nc1cccc(N[C@H](C)C(=O)OC)c1C. The van der Waals surface area contributed by atoms with Crippen molar-refractivity contribution in [3.63, 3.8) is 0 Å². The second-order valence-corrected chi connectivity index (χ2v) is 4.27. The van der Waals surface area contributed by atoms with Gasteiger partial charge in [-0.2, -0.15) is 0 Å². The lowest BCUT2D eigenvalue weighted by Gasteiger charge is -2.17. The summed E-state index contributed by atoms with van der Waals surface area (Å²) in [6.07, 6.45) is 0.426. The summed E-state index contributed by atoms with van der Waals surface area (Å²) in [7, 11) is 1.35. The van der Waals surface area contributed by atoms with E-state index in [-0.39, 0.29) is 11.9 Å². The molecule has 0 unspecified atom stereocenters. The van der Waals surface area contributed by atoms with Gasteiger partial charge in [0.2, 0.25) is 5.91 Å². The van der Waals surface area contributed by atoms with Crippen molar-refractivity contribution in [2.24, 2.45) is 0 Å². The Bertz CT molecular complexity index is 472. The maximum Gasteiger partial charge on any atom is 0.327 e. The van der Waals surface area contributed by atoms with Gasteiger partial charge in [-0.25, -0.2) is 4.79 Å². The Morgan fingerprint density at radius 1 is 1.32 bits per heavy atom. The highest BCUT2D eigenvalue weighted by Gasteiger charge is 2.14. The van der Waals surface area contributed by atoms with Crippen molar-refractivity contribution < 1.29 is 14.3 Å². The zero-order chi connectivity index (χ0) is 14.4. The van der Waals surface area contributed by atoms with Crippen LogP contribution in [0.1, 0.15) is 25.8 Å². The number of benzene rings is 1. The molecule has 5 heteroatoms. The fourth-order valence-electron chi connectivity index (χ4n) is 1.63. The molecule has 0 radical (unpaired) electrons. The number of esters is 1. The van der Waals surface area contributed by atoms with Crippen LogP contribution in [0, 0.1) is 6.92 Å². The molecule has 2 N–H and O–H groups in total. The summed E-state index contributed by atoms with van der Waals surface area (Å²) in [4.78, 5) is 22.8. The van der Waals surface area contributed by atoms with E-state index in [4.69, 9.17) is 0 Å². The van der Waals surface area contributed by atoms with Crippen LogP contribution >= 0.6 is 0 Å². The summed E-state index contributed by atoms with van der Waals surface area (Å²) < 4.78 is 4.67. The van der Waals surface area contributed by atoms with E-state index in [9.17, 15) is 9.59 Å². The van der Waals surface area contributed by atoms with E-state index in [0.29, 0.717) is 6.42 Å². The maximum absolute atomic E-state index is 11.4. The molecule has 1 amide bonds. The summed E-state index contributed by atoms with van der Waals surface area (Å²) in [5.41, 5.74) is 2.43. The molecule has 0 aromatic heterocycles. The second kappa shape index (κ2) is 6.78. The Labute approximate surface area is 113 Å². The third kappa shape index (κ3) is 3.98. The molecule has 0 saturated carbocycles. The van der Waals surface area contributed by atoms with E-state index in [1.54, 1.807) is 13.8 Å². The molecule has 1 aromatic rings. The maximum atomic E-state index is 11.4. The smallest absolute Gasteiger partial charge is 0.327 e. The molecule has 5 nitrogen and oxygen atoms in total. The summed E-state index contributed by atoms with van der Waals surface area (Å²) >= 11 is 0. The number of nitrogens with one attached hydrogen (secondary N) is 2.